The van der Waals surface area contributed by atoms with E-state index in [1.165, 1.54) is 16.4 Å². The molecular weight excluding hydrogens is 426 g/mol. The number of benzene rings is 2. The molecule has 0 heterocycles. The second kappa shape index (κ2) is 10.9. The fraction of sp³-hybridized carbons (Fsp3) is 0.316. The average Bonchev–Trinajstić information content (AvgIpc) is 2.73. The lowest BCUT2D eigenvalue weighted by Crippen LogP contribution is -2.40. The van der Waals surface area contributed by atoms with Gasteiger partial charge in [0, 0.05) is 31.8 Å². The lowest BCUT2D eigenvalue weighted by molar-refractivity contribution is -0.385. The number of hydrogen-bond acceptors (Lipinski definition) is 6. The van der Waals surface area contributed by atoms with Gasteiger partial charge in [-0.2, -0.15) is 4.31 Å². The number of sulfonamides is 1. The van der Waals surface area contributed by atoms with Crippen molar-refractivity contribution in [3.8, 4) is 0 Å². The van der Waals surface area contributed by atoms with E-state index in [2.05, 4.69) is 16.2 Å². The number of anilines is 1. The maximum atomic E-state index is 13.0. The van der Waals surface area contributed by atoms with Crippen molar-refractivity contribution in [3.05, 3.63) is 64.2 Å². The van der Waals surface area contributed by atoms with Crippen LogP contribution in [0, 0.1) is 10.1 Å². The van der Waals surface area contributed by atoms with E-state index in [4.69, 9.17) is 12.2 Å². The Morgan fingerprint density at radius 3 is 2.40 bits per heavy atom. The molecule has 0 spiro atoms. The third-order valence-electron chi connectivity index (χ3n) is 4.35. The molecule has 0 aliphatic carbocycles. The van der Waals surface area contributed by atoms with Crippen molar-refractivity contribution >= 4 is 38.7 Å². The fourth-order valence-electron chi connectivity index (χ4n) is 2.78. The largest absolute Gasteiger partial charge is 0.361 e. The highest BCUT2D eigenvalue weighted by molar-refractivity contribution is 7.89. The Labute approximate surface area is 181 Å². The minimum absolute atomic E-state index is 0.166. The molecule has 0 bridgehead atoms. The molecule has 0 aromatic heterocycles. The number of nitrogens with zero attached hydrogens (tertiary/aromatic N) is 2. The summed E-state index contributed by atoms with van der Waals surface area (Å²) in [5, 5.41) is 14.4. The van der Waals surface area contributed by atoms with Crippen LogP contribution >= 0.6 is 12.2 Å². The Hall–Kier alpha value is -2.76. The first-order chi connectivity index (χ1) is 14.3. The van der Waals surface area contributed by atoms with Gasteiger partial charge in [0.2, 0.25) is 10.0 Å². The fourth-order valence-corrected chi connectivity index (χ4v) is 4.55. The maximum absolute atomic E-state index is 13.0. The molecule has 11 heteroatoms. The normalized spacial score (nSPS) is 11.2. The predicted octanol–water partition coefficient (Wildman–Crippen LogP) is 2.66. The van der Waals surface area contributed by atoms with E-state index < -0.39 is 14.9 Å². The highest BCUT2D eigenvalue weighted by Crippen LogP contribution is 2.28. The van der Waals surface area contributed by atoms with Crippen LogP contribution < -0.4 is 16.2 Å². The number of non-ortho nitro benzene ring substituents is 1. The maximum Gasteiger partial charge on any atom is 0.270 e. The van der Waals surface area contributed by atoms with Gasteiger partial charge in [0.15, 0.2) is 5.11 Å². The summed E-state index contributed by atoms with van der Waals surface area (Å²) in [5.41, 5.74) is 6.51. The average molecular weight is 452 g/mol. The lowest BCUT2D eigenvalue weighted by atomic mass is 10.1. The van der Waals surface area contributed by atoms with E-state index in [9.17, 15) is 18.5 Å². The van der Waals surface area contributed by atoms with E-state index in [0.29, 0.717) is 6.54 Å². The zero-order chi connectivity index (χ0) is 22.1. The van der Waals surface area contributed by atoms with Crippen LogP contribution in [-0.4, -0.2) is 42.4 Å². The molecule has 30 heavy (non-hydrogen) atoms. The zero-order valence-electron chi connectivity index (χ0n) is 16.8. The molecule has 2 aromatic rings. The quantitative estimate of drug-likeness (QED) is 0.287. The number of nitrogens with one attached hydrogen (secondary N) is 3. The molecule has 0 amide bonds. The Morgan fingerprint density at radius 1 is 1.13 bits per heavy atom. The van der Waals surface area contributed by atoms with Crippen molar-refractivity contribution < 1.29 is 13.3 Å². The van der Waals surface area contributed by atoms with Crippen molar-refractivity contribution in [2.75, 3.05) is 25.1 Å². The molecule has 0 unspecified atom stereocenters. The summed E-state index contributed by atoms with van der Waals surface area (Å²) in [4.78, 5) is 10.3. The number of rotatable bonds is 10. The van der Waals surface area contributed by atoms with E-state index >= 15 is 0 Å². The highest BCUT2D eigenvalue weighted by Gasteiger charge is 2.27. The first kappa shape index (κ1) is 23.5. The van der Waals surface area contributed by atoms with Crippen LogP contribution in [0.25, 0.3) is 0 Å². The second-order valence-corrected chi connectivity index (χ2v) is 8.58. The van der Waals surface area contributed by atoms with Gasteiger partial charge in [-0.15, -0.1) is 0 Å². The summed E-state index contributed by atoms with van der Waals surface area (Å²) in [5.74, 6) is 0. The van der Waals surface area contributed by atoms with E-state index in [0.717, 1.165) is 18.1 Å². The molecule has 0 saturated carbocycles. The second-order valence-electron chi connectivity index (χ2n) is 6.27. The first-order valence-electron chi connectivity index (χ1n) is 9.42. The van der Waals surface area contributed by atoms with Crippen molar-refractivity contribution in [3.63, 3.8) is 0 Å². The van der Waals surface area contributed by atoms with E-state index in [1.54, 1.807) is 13.8 Å². The van der Waals surface area contributed by atoms with Gasteiger partial charge >= 0.3 is 0 Å². The summed E-state index contributed by atoms with van der Waals surface area (Å²) in [6, 6.07) is 13.5. The van der Waals surface area contributed by atoms with Gasteiger partial charge in [-0.05, 0) is 30.3 Å². The molecule has 9 nitrogen and oxygen atoms in total. The molecule has 0 saturated heterocycles. The van der Waals surface area contributed by atoms with Crippen molar-refractivity contribution in [1.29, 1.82) is 0 Å². The van der Waals surface area contributed by atoms with Gasteiger partial charge in [-0.3, -0.25) is 21.0 Å². The third kappa shape index (κ3) is 6.12. The molecule has 0 atom stereocenters. The van der Waals surface area contributed by atoms with Crippen molar-refractivity contribution in [2.24, 2.45) is 0 Å². The molecule has 162 valence electrons. The highest BCUT2D eigenvalue weighted by atomic mass is 32.2. The van der Waals surface area contributed by atoms with Gasteiger partial charge in [0.1, 0.15) is 4.90 Å². The number of hydrogen-bond donors (Lipinski definition) is 3. The van der Waals surface area contributed by atoms with E-state index in [1.807, 2.05) is 30.3 Å². The Bertz CT molecular complexity index is 980. The smallest absolute Gasteiger partial charge is 0.270 e. The van der Waals surface area contributed by atoms with Crippen molar-refractivity contribution in [2.45, 2.75) is 25.2 Å². The van der Waals surface area contributed by atoms with Gasteiger partial charge in [-0.25, -0.2) is 8.42 Å². The SMILES string of the molecule is CCN(CC)S(=O)(=O)c1cc([N+](=O)[O-])ccc1NNC(=S)NCCc1ccccc1. The third-order valence-corrected chi connectivity index (χ3v) is 6.69. The minimum atomic E-state index is -3.93. The van der Waals surface area contributed by atoms with Crippen LogP contribution in [0.4, 0.5) is 11.4 Å². The Balaban J connectivity index is 2.10. The van der Waals surface area contributed by atoms with Crippen LogP contribution in [-0.2, 0) is 16.4 Å². The zero-order valence-corrected chi connectivity index (χ0v) is 18.4. The topological polar surface area (TPSA) is 117 Å². The van der Waals surface area contributed by atoms with Crippen LogP contribution in [0.1, 0.15) is 19.4 Å². The first-order valence-corrected chi connectivity index (χ1v) is 11.3. The molecule has 0 aliphatic heterocycles. The number of hydrazine groups is 1. The van der Waals surface area contributed by atoms with Crippen LogP contribution in [0.5, 0.6) is 0 Å². The molecule has 0 aliphatic rings. The predicted molar refractivity (Wildman–Crippen MR) is 121 cm³/mol. The molecule has 3 N–H and O–H groups in total. The number of thiocarbonyl (C=S) groups is 1. The van der Waals surface area contributed by atoms with Gasteiger partial charge < -0.3 is 5.32 Å². The summed E-state index contributed by atoms with van der Waals surface area (Å²) in [7, 11) is -3.93. The molecule has 0 radical (unpaired) electrons. The monoisotopic (exact) mass is 451 g/mol. The Morgan fingerprint density at radius 2 is 1.80 bits per heavy atom. The van der Waals surface area contributed by atoms with Gasteiger partial charge in [0.25, 0.3) is 5.69 Å². The lowest BCUT2D eigenvalue weighted by Gasteiger charge is -2.21. The summed E-state index contributed by atoms with van der Waals surface area (Å²) in [6.45, 7) is 4.48. The van der Waals surface area contributed by atoms with Gasteiger partial charge in [-0.1, -0.05) is 44.2 Å². The standard InChI is InChI=1S/C19H25N5O4S2/c1-3-23(4-2)30(27,28)18-14-16(24(25)26)10-11-17(18)21-22-19(29)20-13-12-15-8-6-5-7-9-15/h5-11,14,21H,3-4,12-13H2,1-2H3,(H2,20,22,29). The number of nitro groups is 1. The van der Waals surface area contributed by atoms with Gasteiger partial charge in [0.05, 0.1) is 10.6 Å². The van der Waals surface area contributed by atoms with Crippen LogP contribution in [0.15, 0.2) is 53.4 Å². The van der Waals surface area contributed by atoms with Crippen molar-refractivity contribution in [1.82, 2.24) is 15.0 Å². The Kier molecular flexibility index (Phi) is 8.51. The molecule has 2 aromatic carbocycles. The summed E-state index contributed by atoms with van der Waals surface area (Å²) >= 11 is 5.22. The molecule has 0 fully saturated rings. The van der Waals surface area contributed by atoms with Crippen LogP contribution in [0.3, 0.4) is 0 Å². The molecule has 2 rings (SSSR count). The summed E-state index contributed by atoms with van der Waals surface area (Å²) in [6.07, 6.45) is 0.766. The molecular formula is C19H25N5O4S2. The van der Waals surface area contributed by atoms with E-state index in [-0.39, 0.29) is 34.5 Å². The minimum Gasteiger partial charge on any atom is -0.361 e. The van der Waals surface area contributed by atoms with Crippen LogP contribution in [0.2, 0.25) is 0 Å². The summed E-state index contributed by atoms with van der Waals surface area (Å²) < 4.78 is 27.1. The number of nitro benzene ring substituents is 1.